The Kier molecular flexibility index (Phi) is 5.84. The minimum atomic E-state index is -0.136. The summed E-state index contributed by atoms with van der Waals surface area (Å²) in [6, 6.07) is 34.4. The van der Waals surface area contributed by atoms with Crippen LogP contribution in [0.3, 0.4) is 0 Å². The summed E-state index contributed by atoms with van der Waals surface area (Å²) in [5, 5.41) is 0.577. The smallest absolute Gasteiger partial charge is 0.263 e. The Bertz CT molecular complexity index is 1560. The molecule has 2 N–H and O–H groups in total. The summed E-state index contributed by atoms with van der Waals surface area (Å²) in [6.45, 7) is 0.381. The maximum absolute atomic E-state index is 13.9. The van der Waals surface area contributed by atoms with Gasteiger partial charge >= 0.3 is 0 Å². The molecular weight excluding hydrogens is 446 g/mol. The van der Waals surface area contributed by atoms with Gasteiger partial charge in [-0.3, -0.25) is 9.36 Å². The molecule has 1 aromatic heterocycles. The van der Waals surface area contributed by atoms with E-state index in [1.165, 1.54) is 0 Å². The van der Waals surface area contributed by atoms with Gasteiger partial charge in [-0.15, -0.1) is 0 Å². The van der Waals surface area contributed by atoms with Crippen molar-refractivity contribution < 1.29 is 4.74 Å². The zero-order valence-corrected chi connectivity index (χ0v) is 19.9. The molecule has 2 atom stereocenters. The normalized spacial score (nSPS) is 17.4. The first-order chi connectivity index (χ1) is 17.7. The molecule has 1 fully saturated rings. The summed E-state index contributed by atoms with van der Waals surface area (Å²) in [5.41, 5.74) is 11.9. The summed E-state index contributed by atoms with van der Waals surface area (Å²) in [5.74, 6) is 0.212. The molecule has 4 aromatic carbocycles. The summed E-state index contributed by atoms with van der Waals surface area (Å²) in [7, 11) is 0. The van der Waals surface area contributed by atoms with Gasteiger partial charge in [-0.25, -0.2) is 4.98 Å². The van der Waals surface area contributed by atoms with Gasteiger partial charge in [0.1, 0.15) is 0 Å². The first-order valence-corrected chi connectivity index (χ1v) is 12.3. The molecule has 1 aliphatic rings. The Hall–Kier alpha value is -4.22. The van der Waals surface area contributed by atoms with Gasteiger partial charge in [0, 0.05) is 0 Å². The molecule has 0 amide bonds. The van der Waals surface area contributed by atoms with Crippen LogP contribution < -0.4 is 11.3 Å². The third kappa shape index (κ3) is 4.18. The van der Waals surface area contributed by atoms with Gasteiger partial charge in [-0.1, -0.05) is 91.0 Å². The standard InChI is InChI=1S/C31H27N3O2/c32-31-33-27-19-24(21-10-4-1-5-11-21)18-26(22-12-6-2-7-13-22)29(27)30(35)34(31)20-25-16-17-28(36-25)23-14-8-3-9-15-23/h1-15,18-19,25,28H,16-17,20H2,(H2,32,33)/t25-,28+/m1/s1. The number of rotatable bonds is 5. The number of hydrogen-bond donors (Lipinski definition) is 1. The quantitative estimate of drug-likeness (QED) is 0.328. The predicted octanol–water partition coefficient (Wildman–Crippen LogP) is 6.23. The number of anilines is 1. The van der Waals surface area contributed by atoms with E-state index in [4.69, 9.17) is 15.5 Å². The van der Waals surface area contributed by atoms with Crippen LogP contribution in [0.2, 0.25) is 0 Å². The molecule has 0 unspecified atom stereocenters. The number of benzene rings is 4. The number of ether oxygens (including phenoxy) is 1. The second-order valence-electron chi connectivity index (χ2n) is 9.27. The molecule has 2 heterocycles. The van der Waals surface area contributed by atoms with Crippen LogP contribution in [-0.4, -0.2) is 15.7 Å². The Balaban J connectivity index is 1.43. The molecule has 178 valence electrons. The SMILES string of the molecule is Nc1nc2cc(-c3ccccc3)cc(-c3ccccc3)c2c(=O)n1C[C@H]1CC[C@@H](c2ccccc2)O1. The monoisotopic (exact) mass is 473 g/mol. The fraction of sp³-hybridized carbons (Fsp3) is 0.161. The third-order valence-electron chi connectivity index (χ3n) is 6.95. The lowest BCUT2D eigenvalue weighted by molar-refractivity contribution is 0.0348. The van der Waals surface area contributed by atoms with Crippen molar-refractivity contribution in [3.63, 3.8) is 0 Å². The summed E-state index contributed by atoms with van der Waals surface area (Å²) >= 11 is 0. The van der Waals surface area contributed by atoms with Crippen LogP contribution in [0.1, 0.15) is 24.5 Å². The van der Waals surface area contributed by atoms with Crippen molar-refractivity contribution in [1.82, 2.24) is 9.55 Å². The number of hydrogen-bond acceptors (Lipinski definition) is 4. The highest BCUT2D eigenvalue weighted by Gasteiger charge is 2.28. The fourth-order valence-corrected chi connectivity index (χ4v) is 5.14. The summed E-state index contributed by atoms with van der Waals surface area (Å²) < 4.78 is 7.90. The lowest BCUT2D eigenvalue weighted by Gasteiger charge is -2.18. The van der Waals surface area contributed by atoms with E-state index in [1.807, 2.05) is 72.8 Å². The van der Waals surface area contributed by atoms with E-state index in [9.17, 15) is 4.79 Å². The van der Waals surface area contributed by atoms with Gasteiger partial charge in [-0.05, 0) is 52.8 Å². The molecule has 5 heteroatoms. The maximum atomic E-state index is 13.9. The molecule has 5 aromatic rings. The second kappa shape index (κ2) is 9.44. The van der Waals surface area contributed by atoms with E-state index in [1.54, 1.807) is 4.57 Å². The molecule has 0 spiro atoms. The molecule has 5 nitrogen and oxygen atoms in total. The van der Waals surface area contributed by atoms with E-state index in [0.717, 1.165) is 40.7 Å². The average molecular weight is 474 g/mol. The first kappa shape index (κ1) is 22.3. The predicted molar refractivity (Wildman–Crippen MR) is 145 cm³/mol. The van der Waals surface area contributed by atoms with E-state index in [-0.39, 0.29) is 23.7 Å². The number of nitrogen functional groups attached to an aromatic ring is 1. The van der Waals surface area contributed by atoms with Crippen LogP contribution in [0.4, 0.5) is 5.95 Å². The van der Waals surface area contributed by atoms with Crippen molar-refractivity contribution >= 4 is 16.9 Å². The highest BCUT2D eigenvalue weighted by Crippen LogP contribution is 2.35. The van der Waals surface area contributed by atoms with Crippen molar-refractivity contribution in [2.24, 2.45) is 0 Å². The fourth-order valence-electron chi connectivity index (χ4n) is 5.14. The number of aromatic nitrogens is 2. The zero-order valence-electron chi connectivity index (χ0n) is 19.9. The third-order valence-corrected chi connectivity index (χ3v) is 6.95. The van der Waals surface area contributed by atoms with E-state index in [0.29, 0.717) is 17.4 Å². The van der Waals surface area contributed by atoms with Gasteiger partial charge in [0.05, 0.1) is 29.7 Å². The lowest BCUT2D eigenvalue weighted by atomic mass is 9.95. The molecular formula is C31H27N3O2. The summed E-state index contributed by atoms with van der Waals surface area (Å²) in [6.07, 6.45) is 1.72. The van der Waals surface area contributed by atoms with Gasteiger partial charge in [0.2, 0.25) is 5.95 Å². The van der Waals surface area contributed by atoms with Crippen LogP contribution in [0.15, 0.2) is 108 Å². The van der Waals surface area contributed by atoms with Gasteiger partial charge in [-0.2, -0.15) is 0 Å². The molecule has 36 heavy (non-hydrogen) atoms. The maximum Gasteiger partial charge on any atom is 0.263 e. The molecule has 1 aliphatic heterocycles. The molecule has 0 aliphatic carbocycles. The Morgan fingerprint density at radius 3 is 2.14 bits per heavy atom. The van der Waals surface area contributed by atoms with E-state index >= 15 is 0 Å². The summed E-state index contributed by atoms with van der Waals surface area (Å²) in [4.78, 5) is 18.6. The van der Waals surface area contributed by atoms with Crippen molar-refractivity contribution in [3.8, 4) is 22.3 Å². The van der Waals surface area contributed by atoms with Crippen LogP contribution in [0.25, 0.3) is 33.2 Å². The topological polar surface area (TPSA) is 70.1 Å². The first-order valence-electron chi connectivity index (χ1n) is 12.3. The van der Waals surface area contributed by atoms with Gasteiger partial charge in [0.25, 0.3) is 5.56 Å². The van der Waals surface area contributed by atoms with Crippen LogP contribution in [0.5, 0.6) is 0 Å². The van der Waals surface area contributed by atoms with Gasteiger partial charge in [0.15, 0.2) is 0 Å². The Morgan fingerprint density at radius 2 is 1.44 bits per heavy atom. The number of nitrogens with two attached hydrogens (primary N) is 1. The van der Waals surface area contributed by atoms with Gasteiger partial charge < -0.3 is 10.5 Å². The van der Waals surface area contributed by atoms with Crippen LogP contribution >= 0.6 is 0 Å². The van der Waals surface area contributed by atoms with Crippen LogP contribution in [-0.2, 0) is 11.3 Å². The van der Waals surface area contributed by atoms with Crippen molar-refractivity contribution in [2.75, 3.05) is 5.73 Å². The average Bonchev–Trinajstić information content (AvgIpc) is 3.40. The van der Waals surface area contributed by atoms with Crippen molar-refractivity contribution in [1.29, 1.82) is 0 Å². The largest absolute Gasteiger partial charge is 0.369 e. The highest BCUT2D eigenvalue weighted by molar-refractivity contribution is 5.98. The highest BCUT2D eigenvalue weighted by atomic mass is 16.5. The molecule has 0 radical (unpaired) electrons. The van der Waals surface area contributed by atoms with E-state index in [2.05, 4.69) is 30.3 Å². The molecule has 0 bridgehead atoms. The van der Waals surface area contributed by atoms with Crippen molar-refractivity contribution in [3.05, 3.63) is 119 Å². The number of fused-ring (bicyclic) bond motifs is 1. The lowest BCUT2D eigenvalue weighted by Crippen LogP contribution is -2.30. The van der Waals surface area contributed by atoms with Crippen molar-refractivity contribution in [2.45, 2.75) is 31.6 Å². The molecule has 1 saturated heterocycles. The molecule has 6 rings (SSSR count). The van der Waals surface area contributed by atoms with E-state index < -0.39 is 0 Å². The Labute approximate surface area is 209 Å². The molecule has 0 saturated carbocycles. The zero-order chi connectivity index (χ0) is 24.5. The number of nitrogens with zero attached hydrogens (tertiary/aromatic N) is 2. The van der Waals surface area contributed by atoms with Crippen LogP contribution in [0, 0.1) is 0 Å². The second-order valence-corrected chi connectivity index (χ2v) is 9.27. The minimum absolute atomic E-state index is 0.0369. The minimum Gasteiger partial charge on any atom is -0.369 e. The Morgan fingerprint density at radius 1 is 0.806 bits per heavy atom.